The third kappa shape index (κ3) is 1.49. The number of rotatable bonds is 0. The first-order valence-corrected chi connectivity index (χ1v) is 7.42. The lowest BCUT2D eigenvalue weighted by Gasteiger charge is -2.42. The van der Waals surface area contributed by atoms with Gasteiger partial charge in [-0.25, -0.2) is 0 Å². The van der Waals surface area contributed by atoms with Crippen LogP contribution in [0.2, 0.25) is 0 Å². The lowest BCUT2D eigenvalue weighted by molar-refractivity contribution is 0.585. The largest absolute Gasteiger partial charge is 0.0696 e. The van der Waals surface area contributed by atoms with E-state index >= 15 is 0 Å². The zero-order chi connectivity index (χ0) is 13.0. The van der Waals surface area contributed by atoms with Crippen molar-refractivity contribution in [3.8, 4) is 0 Å². The van der Waals surface area contributed by atoms with Crippen LogP contribution in [0, 0.1) is 0 Å². The van der Waals surface area contributed by atoms with E-state index in [1.807, 2.05) is 0 Å². The molecule has 3 rings (SSSR count). The third-order valence-electron chi connectivity index (χ3n) is 4.21. The van der Waals surface area contributed by atoms with Crippen LogP contribution in [0.5, 0.6) is 0 Å². The molecule has 0 unspecified atom stereocenters. The number of hydrogen-bond acceptors (Lipinski definition) is 0. The molecule has 0 aromatic heterocycles. The maximum absolute atomic E-state index is 2.59. The molecule has 18 heavy (non-hydrogen) atoms. The standard InChI is InChI=1S/C17H17I/c1-16(2)12-8-4-6-10-14(12)17(3,18)15-11-7-5-9-13(15)16/h4-11H,1-3H3. The van der Waals surface area contributed by atoms with E-state index in [0.717, 1.165) is 0 Å². The monoisotopic (exact) mass is 348 g/mol. The van der Waals surface area contributed by atoms with Crippen molar-refractivity contribution in [1.29, 1.82) is 0 Å². The van der Waals surface area contributed by atoms with Crippen LogP contribution in [0.4, 0.5) is 0 Å². The summed E-state index contributed by atoms with van der Waals surface area (Å²) in [5.74, 6) is 0. The molecule has 0 nitrogen and oxygen atoms in total. The average molecular weight is 348 g/mol. The predicted octanol–water partition coefficient (Wildman–Crippen LogP) is 5.02. The van der Waals surface area contributed by atoms with Crippen LogP contribution in [-0.2, 0) is 8.84 Å². The molecular formula is C17H17I. The first-order valence-electron chi connectivity index (χ1n) is 6.34. The van der Waals surface area contributed by atoms with E-state index in [-0.39, 0.29) is 8.84 Å². The highest BCUT2D eigenvalue weighted by Crippen LogP contribution is 2.52. The molecule has 2 aromatic rings. The van der Waals surface area contributed by atoms with Crippen LogP contribution in [0.15, 0.2) is 48.5 Å². The molecule has 0 amide bonds. The molecule has 0 spiro atoms. The van der Waals surface area contributed by atoms with Crippen molar-refractivity contribution in [1.82, 2.24) is 0 Å². The van der Waals surface area contributed by atoms with Gasteiger partial charge in [0.25, 0.3) is 0 Å². The second kappa shape index (κ2) is 3.83. The molecule has 0 N–H and O–H groups in total. The minimum Gasteiger partial charge on any atom is -0.0687 e. The Morgan fingerprint density at radius 1 is 0.667 bits per heavy atom. The Labute approximate surface area is 123 Å². The van der Waals surface area contributed by atoms with Gasteiger partial charge >= 0.3 is 0 Å². The summed E-state index contributed by atoms with van der Waals surface area (Å²) in [4.78, 5) is 0. The van der Waals surface area contributed by atoms with Crippen molar-refractivity contribution in [2.24, 2.45) is 0 Å². The molecule has 0 heterocycles. The van der Waals surface area contributed by atoms with Gasteiger partial charge in [0.1, 0.15) is 0 Å². The molecule has 2 aromatic carbocycles. The molecule has 92 valence electrons. The predicted molar refractivity (Wildman–Crippen MR) is 85.5 cm³/mol. The molecule has 0 aliphatic heterocycles. The molecule has 0 atom stereocenters. The molecule has 0 saturated carbocycles. The first-order chi connectivity index (χ1) is 8.45. The molecule has 1 heteroatoms. The van der Waals surface area contributed by atoms with E-state index in [4.69, 9.17) is 0 Å². The van der Waals surface area contributed by atoms with Gasteiger partial charge in [0.2, 0.25) is 0 Å². The van der Waals surface area contributed by atoms with Gasteiger partial charge in [-0.15, -0.1) is 0 Å². The lowest BCUT2D eigenvalue weighted by Crippen LogP contribution is -2.34. The molecular weight excluding hydrogens is 331 g/mol. The van der Waals surface area contributed by atoms with Crippen molar-refractivity contribution >= 4 is 22.6 Å². The summed E-state index contributed by atoms with van der Waals surface area (Å²) < 4.78 is 0.0699. The Balaban J connectivity index is 2.41. The van der Waals surface area contributed by atoms with Gasteiger partial charge in [-0.2, -0.15) is 0 Å². The Bertz CT molecular complexity index is 503. The molecule has 0 bridgehead atoms. The maximum Gasteiger partial charge on any atom is 0.0696 e. The minimum atomic E-state index is 0.0699. The van der Waals surface area contributed by atoms with Crippen LogP contribution in [0.3, 0.4) is 0 Å². The van der Waals surface area contributed by atoms with Crippen molar-refractivity contribution in [3.05, 3.63) is 70.8 Å². The summed E-state index contributed by atoms with van der Waals surface area (Å²) >= 11 is 2.59. The molecule has 0 saturated heterocycles. The summed E-state index contributed by atoms with van der Waals surface area (Å²) in [6.07, 6.45) is 0. The van der Waals surface area contributed by atoms with Crippen LogP contribution in [0.25, 0.3) is 0 Å². The number of alkyl halides is 1. The Kier molecular flexibility index (Phi) is 2.60. The minimum absolute atomic E-state index is 0.0699. The van der Waals surface area contributed by atoms with Crippen LogP contribution in [-0.4, -0.2) is 0 Å². The lowest BCUT2D eigenvalue weighted by atomic mass is 9.66. The van der Waals surface area contributed by atoms with E-state index in [0.29, 0.717) is 0 Å². The van der Waals surface area contributed by atoms with Crippen molar-refractivity contribution < 1.29 is 0 Å². The second-order valence-electron chi connectivity index (χ2n) is 5.72. The number of fused-ring (bicyclic) bond motifs is 2. The molecule has 0 radical (unpaired) electrons. The Hall–Kier alpha value is -0.830. The normalized spacial score (nSPS) is 18.9. The second-order valence-corrected chi connectivity index (χ2v) is 7.88. The van der Waals surface area contributed by atoms with Crippen LogP contribution in [0.1, 0.15) is 43.0 Å². The highest BCUT2D eigenvalue weighted by Gasteiger charge is 2.41. The Morgan fingerprint density at radius 2 is 1.00 bits per heavy atom. The van der Waals surface area contributed by atoms with E-state index < -0.39 is 0 Å². The van der Waals surface area contributed by atoms with Gasteiger partial charge in [0.15, 0.2) is 0 Å². The number of hydrogen-bond donors (Lipinski definition) is 0. The summed E-state index contributed by atoms with van der Waals surface area (Å²) in [5.41, 5.74) is 5.92. The van der Waals surface area contributed by atoms with E-state index in [1.165, 1.54) is 22.3 Å². The fourth-order valence-corrected chi connectivity index (χ4v) is 4.11. The van der Waals surface area contributed by atoms with E-state index in [9.17, 15) is 0 Å². The number of halogens is 1. The topological polar surface area (TPSA) is 0 Å². The van der Waals surface area contributed by atoms with Crippen molar-refractivity contribution in [2.45, 2.75) is 29.6 Å². The average Bonchev–Trinajstić information content (AvgIpc) is 2.37. The molecule has 1 aliphatic rings. The van der Waals surface area contributed by atoms with Crippen LogP contribution < -0.4 is 0 Å². The van der Waals surface area contributed by atoms with Gasteiger partial charge < -0.3 is 0 Å². The molecule has 1 aliphatic carbocycles. The molecule has 0 fully saturated rings. The number of benzene rings is 2. The van der Waals surface area contributed by atoms with Crippen molar-refractivity contribution in [2.75, 3.05) is 0 Å². The van der Waals surface area contributed by atoms with E-state index in [2.05, 4.69) is 91.9 Å². The quantitative estimate of drug-likeness (QED) is 0.463. The third-order valence-corrected chi connectivity index (χ3v) is 5.37. The zero-order valence-corrected chi connectivity index (χ0v) is 13.2. The summed E-state index contributed by atoms with van der Waals surface area (Å²) in [6.45, 7) is 6.98. The summed E-state index contributed by atoms with van der Waals surface area (Å²) in [5, 5.41) is 0. The van der Waals surface area contributed by atoms with E-state index in [1.54, 1.807) is 0 Å². The summed E-state index contributed by atoms with van der Waals surface area (Å²) in [6, 6.07) is 17.7. The van der Waals surface area contributed by atoms with Gasteiger partial charge in [0, 0.05) is 5.41 Å². The van der Waals surface area contributed by atoms with Gasteiger partial charge in [-0.05, 0) is 29.2 Å². The SMILES string of the molecule is CC1(C)c2ccccc2C(C)(I)c2ccccc21. The van der Waals surface area contributed by atoms with Crippen LogP contribution >= 0.6 is 22.6 Å². The fraction of sp³-hybridized carbons (Fsp3) is 0.294. The zero-order valence-electron chi connectivity index (χ0n) is 11.0. The highest BCUT2D eigenvalue weighted by molar-refractivity contribution is 14.1. The maximum atomic E-state index is 2.59. The Morgan fingerprint density at radius 3 is 1.39 bits per heavy atom. The smallest absolute Gasteiger partial charge is 0.0687 e. The summed E-state index contributed by atoms with van der Waals surface area (Å²) in [7, 11) is 0. The highest BCUT2D eigenvalue weighted by atomic mass is 127. The van der Waals surface area contributed by atoms with Gasteiger partial charge in [-0.3, -0.25) is 0 Å². The fourth-order valence-electron chi connectivity index (χ4n) is 3.17. The van der Waals surface area contributed by atoms with Gasteiger partial charge in [0.05, 0.1) is 3.42 Å². The van der Waals surface area contributed by atoms with Gasteiger partial charge in [-0.1, -0.05) is 85.0 Å². The van der Waals surface area contributed by atoms with Crippen molar-refractivity contribution in [3.63, 3.8) is 0 Å². The first kappa shape index (κ1) is 12.2.